The molecule has 1 N–H and O–H groups in total. The average molecular weight is 351 g/mol. The Morgan fingerprint density at radius 1 is 1.12 bits per heavy atom. The molecule has 1 spiro atoms. The number of hydrogen-bond donors (Lipinski definition) is 1. The van der Waals surface area contributed by atoms with Crippen LogP contribution < -0.4 is 0 Å². The minimum atomic E-state index is 0.339. The fourth-order valence-electron chi connectivity index (χ4n) is 5.52. The van der Waals surface area contributed by atoms with Crippen LogP contribution in [0.15, 0.2) is 30.3 Å². The Labute approximate surface area is 155 Å². The van der Waals surface area contributed by atoms with Crippen molar-refractivity contribution >= 4 is 0 Å². The first-order chi connectivity index (χ1) is 12.7. The third-order valence-corrected chi connectivity index (χ3v) is 6.77. The summed E-state index contributed by atoms with van der Waals surface area (Å²) in [6.07, 6.45) is 5.62. The molecule has 0 amide bonds. The molecule has 5 heteroatoms. The third-order valence-electron chi connectivity index (χ3n) is 6.77. The summed E-state index contributed by atoms with van der Waals surface area (Å²) < 4.78 is 0. The summed E-state index contributed by atoms with van der Waals surface area (Å²) in [6.45, 7) is 7.73. The van der Waals surface area contributed by atoms with Crippen molar-refractivity contribution in [3.05, 3.63) is 47.5 Å². The van der Waals surface area contributed by atoms with Gasteiger partial charge in [0.15, 0.2) is 5.82 Å². The number of hydrogen-bond acceptors (Lipinski definition) is 4. The minimum absolute atomic E-state index is 0.339. The monoisotopic (exact) mass is 351 g/mol. The zero-order valence-electron chi connectivity index (χ0n) is 15.7. The van der Waals surface area contributed by atoms with Crippen LogP contribution in [0.2, 0.25) is 0 Å². The molecule has 1 aromatic carbocycles. The Bertz CT molecular complexity index is 743. The SMILES string of the molecule is Cc1nc(C2CN(Cc3ccccc3)CC23CN(C2CCCC2)C3)n[nH]1. The van der Waals surface area contributed by atoms with E-state index >= 15 is 0 Å². The van der Waals surface area contributed by atoms with Gasteiger partial charge in [0.05, 0.1) is 0 Å². The van der Waals surface area contributed by atoms with Crippen LogP contribution in [0.25, 0.3) is 0 Å². The summed E-state index contributed by atoms with van der Waals surface area (Å²) in [7, 11) is 0. The van der Waals surface area contributed by atoms with E-state index in [0.29, 0.717) is 11.3 Å². The second kappa shape index (κ2) is 6.46. The fourth-order valence-corrected chi connectivity index (χ4v) is 5.52. The lowest BCUT2D eigenvalue weighted by molar-refractivity contribution is -0.0338. The van der Waals surface area contributed by atoms with E-state index in [4.69, 9.17) is 4.98 Å². The highest BCUT2D eigenvalue weighted by molar-refractivity contribution is 5.20. The van der Waals surface area contributed by atoms with Gasteiger partial charge in [0.2, 0.25) is 0 Å². The first-order valence-corrected chi connectivity index (χ1v) is 10.1. The number of nitrogens with one attached hydrogen (secondary N) is 1. The minimum Gasteiger partial charge on any atom is -0.299 e. The van der Waals surface area contributed by atoms with Crippen molar-refractivity contribution in [2.75, 3.05) is 26.2 Å². The van der Waals surface area contributed by atoms with Gasteiger partial charge in [-0.25, -0.2) is 4.98 Å². The number of H-pyrrole nitrogens is 1. The number of likely N-dealkylation sites (tertiary alicyclic amines) is 2. The van der Waals surface area contributed by atoms with E-state index in [1.807, 2.05) is 6.92 Å². The smallest absolute Gasteiger partial charge is 0.155 e. The normalized spacial score (nSPS) is 26.6. The zero-order chi connectivity index (χ0) is 17.6. The summed E-state index contributed by atoms with van der Waals surface area (Å²) >= 11 is 0. The molecule has 5 rings (SSSR count). The van der Waals surface area contributed by atoms with Crippen LogP contribution in [0.5, 0.6) is 0 Å². The van der Waals surface area contributed by atoms with Crippen molar-refractivity contribution in [2.24, 2.45) is 5.41 Å². The van der Waals surface area contributed by atoms with Gasteiger partial charge in [-0.05, 0) is 25.3 Å². The van der Waals surface area contributed by atoms with E-state index in [1.54, 1.807) is 0 Å². The van der Waals surface area contributed by atoms with Crippen molar-refractivity contribution in [2.45, 2.75) is 51.1 Å². The second-order valence-electron chi connectivity index (χ2n) is 8.69. The molecule has 3 heterocycles. The molecular formula is C21H29N5. The Balaban J connectivity index is 1.35. The van der Waals surface area contributed by atoms with Crippen LogP contribution in [0.4, 0.5) is 0 Å². The average Bonchev–Trinajstić information content (AvgIpc) is 3.33. The molecule has 1 atom stereocenters. The third kappa shape index (κ3) is 2.87. The van der Waals surface area contributed by atoms with Crippen molar-refractivity contribution in [3.8, 4) is 0 Å². The Morgan fingerprint density at radius 3 is 2.58 bits per heavy atom. The summed E-state index contributed by atoms with van der Waals surface area (Å²) in [4.78, 5) is 10.1. The maximum absolute atomic E-state index is 4.72. The number of aryl methyl sites for hydroxylation is 1. The lowest BCUT2D eigenvalue weighted by Crippen LogP contribution is -2.62. The van der Waals surface area contributed by atoms with E-state index in [1.165, 1.54) is 50.9 Å². The highest BCUT2D eigenvalue weighted by Gasteiger charge is 2.56. The van der Waals surface area contributed by atoms with Gasteiger partial charge in [-0.2, -0.15) is 5.10 Å². The topological polar surface area (TPSA) is 48.1 Å². The van der Waals surface area contributed by atoms with Gasteiger partial charge >= 0.3 is 0 Å². The highest BCUT2D eigenvalue weighted by atomic mass is 15.3. The van der Waals surface area contributed by atoms with Crippen molar-refractivity contribution in [1.29, 1.82) is 0 Å². The van der Waals surface area contributed by atoms with E-state index in [-0.39, 0.29) is 0 Å². The van der Waals surface area contributed by atoms with Gasteiger partial charge in [-0.1, -0.05) is 43.2 Å². The maximum atomic E-state index is 4.72. The Kier molecular flexibility index (Phi) is 4.09. The zero-order valence-corrected chi connectivity index (χ0v) is 15.7. The molecule has 2 aliphatic heterocycles. The molecule has 26 heavy (non-hydrogen) atoms. The highest BCUT2D eigenvalue weighted by Crippen LogP contribution is 2.50. The molecule has 0 bridgehead atoms. The molecule has 1 unspecified atom stereocenters. The van der Waals surface area contributed by atoms with Crippen molar-refractivity contribution < 1.29 is 0 Å². The quantitative estimate of drug-likeness (QED) is 0.920. The van der Waals surface area contributed by atoms with E-state index in [0.717, 1.165) is 30.8 Å². The fraction of sp³-hybridized carbons (Fsp3) is 0.619. The number of rotatable bonds is 4. The molecule has 2 aromatic rings. The van der Waals surface area contributed by atoms with Crippen molar-refractivity contribution in [1.82, 2.24) is 25.0 Å². The lowest BCUT2D eigenvalue weighted by atomic mass is 9.70. The largest absolute Gasteiger partial charge is 0.299 e. The standard InChI is InChI=1S/C21H29N5/c1-16-22-20(24-23-16)19-12-25(11-17-7-3-2-4-8-17)13-21(19)14-26(15-21)18-9-5-6-10-18/h2-4,7-8,18-19H,5-6,9-15H2,1H3,(H,22,23,24). The van der Waals surface area contributed by atoms with Crippen molar-refractivity contribution in [3.63, 3.8) is 0 Å². The summed E-state index contributed by atoms with van der Waals surface area (Å²) in [5.74, 6) is 2.42. The van der Waals surface area contributed by atoms with Crippen LogP contribution >= 0.6 is 0 Å². The number of nitrogens with zero attached hydrogens (tertiary/aromatic N) is 4. The maximum Gasteiger partial charge on any atom is 0.155 e. The molecule has 0 radical (unpaired) electrons. The molecule has 5 nitrogen and oxygen atoms in total. The van der Waals surface area contributed by atoms with Crippen LogP contribution in [0.3, 0.4) is 0 Å². The molecular weight excluding hydrogens is 322 g/mol. The predicted molar refractivity (Wildman–Crippen MR) is 102 cm³/mol. The van der Waals surface area contributed by atoms with Gasteiger partial charge in [-0.3, -0.25) is 14.9 Å². The summed E-state index contributed by atoms with van der Waals surface area (Å²) in [6, 6.07) is 11.7. The number of aromatic nitrogens is 3. The van der Waals surface area contributed by atoms with Gasteiger partial charge in [-0.15, -0.1) is 0 Å². The number of benzene rings is 1. The Hall–Kier alpha value is -1.72. The van der Waals surface area contributed by atoms with E-state index < -0.39 is 0 Å². The first kappa shape index (κ1) is 16.5. The van der Waals surface area contributed by atoms with Crippen LogP contribution in [0, 0.1) is 12.3 Å². The van der Waals surface area contributed by atoms with Crippen LogP contribution in [-0.2, 0) is 6.54 Å². The molecule has 1 saturated carbocycles. The van der Waals surface area contributed by atoms with Crippen LogP contribution in [-0.4, -0.2) is 57.2 Å². The van der Waals surface area contributed by atoms with Gasteiger partial charge in [0.1, 0.15) is 5.82 Å². The first-order valence-electron chi connectivity index (χ1n) is 10.1. The molecule has 2 saturated heterocycles. The molecule has 138 valence electrons. The summed E-state index contributed by atoms with van der Waals surface area (Å²) in [5, 5.41) is 7.63. The second-order valence-corrected chi connectivity index (χ2v) is 8.69. The van der Waals surface area contributed by atoms with Crippen LogP contribution in [0.1, 0.15) is 48.8 Å². The molecule has 3 fully saturated rings. The van der Waals surface area contributed by atoms with Gasteiger partial charge in [0.25, 0.3) is 0 Å². The molecule has 3 aliphatic rings. The predicted octanol–water partition coefficient (Wildman–Crippen LogP) is 2.96. The van der Waals surface area contributed by atoms with Gasteiger partial charge < -0.3 is 0 Å². The lowest BCUT2D eigenvalue weighted by Gasteiger charge is -2.53. The number of aromatic amines is 1. The Morgan fingerprint density at radius 2 is 1.88 bits per heavy atom. The van der Waals surface area contributed by atoms with E-state index in [2.05, 4.69) is 50.3 Å². The molecule has 1 aromatic heterocycles. The van der Waals surface area contributed by atoms with E-state index in [9.17, 15) is 0 Å². The molecule has 1 aliphatic carbocycles. The van der Waals surface area contributed by atoms with Gasteiger partial charge in [0, 0.05) is 50.1 Å². The summed E-state index contributed by atoms with van der Waals surface area (Å²) in [5.41, 5.74) is 1.74.